The van der Waals surface area contributed by atoms with Crippen molar-refractivity contribution < 1.29 is 19.0 Å². The van der Waals surface area contributed by atoms with Crippen molar-refractivity contribution in [3.63, 3.8) is 0 Å². The van der Waals surface area contributed by atoms with Crippen molar-refractivity contribution >= 4 is 11.6 Å². The molecule has 5 rings (SSSR count). The molecule has 0 radical (unpaired) electrons. The maximum atomic E-state index is 11.6. The molecule has 1 aromatic rings. The lowest BCUT2D eigenvalue weighted by atomic mass is 9.89. The number of rotatable bonds is 2. The third-order valence-corrected chi connectivity index (χ3v) is 6.76. The number of piperidine rings is 2. The van der Waals surface area contributed by atoms with E-state index in [0.29, 0.717) is 32.4 Å². The van der Waals surface area contributed by atoms with E-state index >= 15 is 0 Å². The zero-order valence-electron chi connectivity index (χ0n) is 16.3. The Hall–Kier alpha value is -1.99. The molecule has 28 heavy (non-hydrogen) atoms. The van der Waals surface area contributed by atoms with Gasteiger partial charge in [0.25, 0.3) is 0 Å². The number of anilines is 1. The van der Waals surface area contributed by atoms with Crippen molar-refractivity contribution in [1.29, 1.82) is 0 Å². The second kappa shape index (κ2) is 7.44. The molecule has 4 aliphatic rings. The predicted molar refractivity (Wildman–Crippen MR) is 105 cm³/mol. The molecular weight excluding hydrogens is 358 g/mol. The van der Waals surface area contributed by atoms with E-state index < -0.39 is 0 Å². The zero-order chi connectivity index (χ0) is 19.0. The van der Waals surface area contributed by atoms with E-state index in [4.69, 9.17) is 14.2 Å². The number of hydrogen-bond acceptors (Lipinski definition) is 6. The van der Waals surface area contributed by atoms with Crippen LogP contribution in [0.1, 0.15) is 32.1 Å². The lowest BCUT2D eigenvalue weighted by Crippen LogP contribution is -2.54. The molecular formula is C21H29N3O4. The third-order valence-electron chi connectivity index (χ3n) is 6.76. The van der Waals surface area contributed by atoms with Gasteiger partial charge in [-0.2, -0.15) is 0 Å². The molecule has 0 saturated carbocycles. The molecule has 4 aliphatic heterocycles. The van der Waals surface area contributed by atoms with Gasteiger partial charge in [-0.3, -0.25) is 4.79 Å². The van der Waals surface area contributed by atoms with Crippen molar-refractivity contribution in [3.8, 4) is 11.5 Å². The lowest BCUT2D eigenvalue weighted by Gasteiger charge is -2.46. The van der Waals surface area contributed by atoms with Crippen molar-refractivity contribution in [2.45, 2.75) is 43.7 Å². The number of nitrogens with zero attached hydrogens (tertiary/aromatic N) is 2. The zero-order valence-corrected chi connectivity index (χ0v) is 16.3. The number of amides is 1. The second-order valence-corrected chi connectivity index (χ2v) is 8.35. The van der Waals surface area contributed by atoms with Crippen LogP contribution < -0.4 is 19.7 Å². The molecule has 0 aliphatic carbocycles. The lowest BCUT2D eigenvalue weighted by molar-refractivity contribution is -0.120. The molecule has 1 N–H and O–H groups in total. The molecule has 1 spiro atoms. The van der Waals surface area contributed by atoms with Crippen LogP contribution in [0, 0.1) is 0 Å². The second-order valence-electron chi connectivity index (χ2n) is 8.35. The van der Waals surface area contributed by atoms with Gasteiger partial charge in [-0.1, -0.05) is 0 Å². The Bertz CT molecular complexity index is 724. The van der Waals surface area contributed by atoms with Gasteiger partial charge in [-0.05, 0) is 37.8 Å². The Morgan fingerprint density at radius 3 is 2.64 bits per heavy atom. The Balaban J connectivity index is 1.14. The van der Waals surface area contributed by atoms with Crippen LogP contribution in [0.2, 0.25) is 0 Å². The topological polar surface area (TPSA) is 63.3 Å². The number of carbonyl (C=O) groups is 1. The normalized spacial score (nSPS) is 25.6. The summed E-state index contributed by atoms with van der Waals surface area (Å²) in [6, 6.07) is 6.89. The molecule has 7 heteroatoms. The minimum Gasteiger partial charge on any atom is -0.454 e. The van der Waals surface area contributed by atoms with Crippen LogP contribution in [0.15, 0.2) is 18.2 Å². The molecule has 3 saturated heterocycles. The van der Waals surface area contributed by atoms with Gasteiger partial charge >= 0.3 is 0 Å². The number of hydrogen-bond donors (Lipinski definition) is 1. The fourth-order valence-electron chi connectivity index (χ4n) is 4.95. The number of benzene rings is 1. The van der Waals surface area contributed by atoms with E-state index in [1.54, 1.807) is 0 Å². The van der Waals surface area contributed by atoms with E-state index in [9.17, 15) is 4.79 Å². The minimum atomic E-state index is -0.143. The van der Waals surface area contributed by atoms with E-state index in [1.807, 2.05) is 6.07 Å². The summed E-state index contributed by atoms with van der Waals surface area (Å²) in [6.07, 6.45) is 4.87. The standard InChI is InChI=1S/C21H29N3O4/c25-20-5-12-28-21(14-22-20)6-10-24(11-7-21)16-3-8-23(9-4-16)17-1-2-18-19(13-17)27-15-26-18/h1-2,13,16H,3-12,14-15H2,(H,22,25). The van der Waals surface area contributed by atoms with Crippen molar-refractivity contribution in [2.24, 2.45) is 0 Å². The maximum Gasteiger partial charge on any atom is 0.231 e. The summed E-state index contributed by atoms with van der Waals surface area (Å²) < 4.78 is 17.0. The highest BCUT2D eigenvalue weighted by Crippen LogP contribution is 2.37. The molecule has 152 valence electrons. The van der Waals surface area contributed by atoms with Gasteiger partial charge < -0.3 is 29.3 Å². The average molecular weight is 387 g/mol. The van der Waals surface area contributed by atoms with Crippen molar-refractivity contribution in [2.75, 3.05) is 51.0 Å². The van der Waals surface area contributed by atoms with Gasteiger partial charge in [0.05, 0.1) is 12.2 Å². The number of nitrogens with one attached hydrogen (secondary N) is 1. The summed E-state index contributed by atoms with van der Waals surface area (Å²) in [4.78, 5) is 16.7. The first kappa shape index (κ1) is 18.1. The highest BCUT2D eigenvalue weighted by Gasteiger charge is 2.39. The predicted octanol–water partition coefficient (Wildman–Crippen LogP) is 1.76. The first-order chi connectivity index (χ1) is 13.7. The molecule has 0 aromatic heterocycles. The van der Waals surface area contributed by atoms with Gasteiger partial charge in [-0.25, -0.2) is 0 Å². The Labute approximate surface area is 165 Å². The molecule has 4 heterocycles. The van der Waals surface area contributed by atoms with Crippen LogP contribution in [-0.2, 0) is 9.53 Å². The SMILES string of the molecule is O=C1CCOC2(CCN(C3CCN(c4ccc5c(c4)OCO5)CC3)CC2)CN1. The molecule has 1 amide bonds. The summed E-state index contributed by atoms with van der Waals surface area (Å²) in [5.41, 5.74) is 1.08. The van der Waals surface area contributed by atoms with Crippen LogP contribution in [-0.4, -0.2) is 68.6 Å². The fraction of sp³-hybridized carbons (Fsp3) is 0.667. The van der Waals surface area contributed by atoms with Gasteiger partial charge in [0.2, 0.25) is 12.7 Å². The first-order valence-electron chi connectivity index (χ1n) is 10.5. The molecule has 0 atom stereocenters. The van der Waals surface area contributed by atoms with Gasteiger partial charge in [-0.15, -0.1) is 0 Å². The smallest absolute Gasteiger partial charge is 0.231 e. The summed E-state index contributed by atoms with van der Waals surface area (Å²) in [7, 11) is 0. The van der Waals surface area contributed by atoms with Gasteiger partial charge in [0, 0.05) is 56.9 Å². The Morgan fingerprint density at radius 2 is 1.82 bits per heavy atom. The fourth-order valence-corrected chi connectivity index (χ4v) is 4.95. The molecule has 0 unspecified atom stereocenters. The van der Waals surface area contributed by atoms with Crippen LogP contribution in [0.3, 0.4) is 0 Å². The molecule has 1 aromatic carbocycles. The molecule has 3 fully saturated rings. The monoisotopic (exact) mass is 387 g/mol. The van der Waals surface area contributed by atoms with Gasteiger partial charge in [0.15, 0.2) is 11.5 Å². The number of fused-ring (bicyclic) bond motifs is 1. The summed E-state index contributed by atoms with van der Waals surface area (Å²) in [5.74, 6) is 1.82. The average Bonchev–Trinajstić information content (AvgIpc) is 3.14. The largest absolute Gasteiger partial charge is 0.454 e. The highest BCUT2D eigenvalue weighted by atomic mass is 16.7. The summed E-state index contributed by atoms with van der Waals surface area (Å²) in [5, 5.41) is 3.03. The quantitative estimate of drug-likeness (QED) is 0.834. The van der Waals surface area contributed by atoms with Crippen LogP contribution in [0.4, 0.5) is 5.69 Å². The number of ether oxygens (including phenoxy) is 3. The van der Waals surface area contributed by atoms with E-state index in [1.165, 1.54) is 18.5 Å². The van der Waals surface area contributed by atoms with Crippen LogP contribution in [0.5, 0.6) is 11.5 Å². The maximum absolute atomic E-state index is 11.6. The first-order valence-corrected chi connectivity index (χ1v) is 10.5. The van der Waals surface area contributed by atoms with E-state index in [-0.39, 0.29) is 11.5 Å². The molecule has 0 bridgehead atoms. The number of likely N-dealkylation sites (tertiary alicyclic amines) is 1. The summed E-state index contributed by atoms with van der Waals surface area (Å²) in [6.45, 7) is 5.80. The highest BCUT2D eigenvalue weighted by molar-refractivity contribution is 5.76. The van der Waals surface area contributed by atoms with E-state index in [0.717, 1.165) is 50.5 Å². The minimum absolute atomic E-state index is 0.121. The number of carbonyl (C=O) groups excluding carboxylic acids is 1. The van der Waals surface area contributed by atoms with E-state index in [2.05, 4.69) is 27.2 Å². The van der Waals surface area contributed by atoms with Crippen LogP contribution >= 0.6 is 0 Å². The van der Waals surface area contributed by atoms with Gasteiger partial charge in [0.1, 0.15) is 0 Å². The Morgan fingerprint density at radius 1 is 1.04 bits per heavy atom. The molecule has 7 nitrogen and oxygen atoms in total. The third kappa shape index (κ3) is 3.53. The Kier molecular flexibility index (Phi) is 4.80. The van der Waals surface area contributed by atoms with Crippen molar-refractivity contribution in [1.82, 2.24) is 10.2 Å². The van der Waals surface area contributed by atoms with Crippen LogP contribution in [0.25, 0.3) is 0 Å². The van der Waals surface area contributed by atoms with Crippen molar-refractivity contribution in [3.05, 3.63) is 18.2 Å². The summed E-state index contributed by atoms with van der Waals surface area (Å²) >= 11 is 0.